The molecular formula is C15H17NO2. The van der Waals surface area contributed by atoms with Crippen LogP contribution in [0.3, 0.4) is 0 Å². The van der Waals surface area contributed by atoms with Crippen LogP contribution in [0.2, 0.25) is 0 Å². The number of hydrogen-bond donors (Lipinski definition) is 2. The maximum atomic E-state index is 9.96. The molecule has 1 unspecified atom stereocenters. The number of rotatable bonds is 4. The highest BCUT2D eigenvalue weighted by Gasteiger charge is 2.08. The van der Waals surface area contributed by atoms with E-state index in [4.69, 9.17) is 10.5 Å². The average Bonchev–Trinajstić information content (AvgIpc) is 2.38. The first-order valence-corrected chi connectivity index (χ1v) is 5.89. The van der Waals surface area contributed by atoms with Gasteiger partial charge in [-0.05, 0) is 30.2 Å². The Morgan fingerprint density at radius 1 is 1.17 bits per heavy atom. The van der Waals surface area contributed by atoms with E-state index < -0.39 is 6.10 Å². The van der Waals surface area contributed by atoms with Crippen molar-refractivity contribution in [2.45, 2.75) is 13.0 Å². The number of nitrogens with two attached hydrogens (primary N) is 1. The molecule has 0 aromatic heterocycles. The summed E-state index contributed by atoms with van der Waals surface area (Å²) in [4.78, 5) is 0. The van der Waals surface area contributed by atoms with Crippen molar-refractivity contribution in [1.29, 1.82) is 0 Å². The molecule has 3 nitrogen and oxygen atoms in total. The van der Waals surface area contributed by atoms with Gasteiger partial charge in [-0.15, -0.1) is 0 Å². The number of anilines is 1. The molecule has 2 aromatic carbocycles. The zero-order valence-corrected chi connectivity index (χ0v) is 10.3. The van der Waals surface area contributed by atoms with Crippen LogP contribution in [0.4, 0.5) is 5.69 Å². The third-order valence-electron chi connectivity index (χ3n) is 2.75. The van der Waals surface area contributed by atoms with Gasteiger partial charge in [0, 0.05) is 0 Å². The van der Waals surface area contributed by atoms with E-state index in [-0.39, 0.29) is 6.61 Å². The minimum atomic E-state index is -0.646. The molecule has 3 N–H and O–H groups in total. The number of benzene rings is 2. The third kappa shape index (κ3) is 3.02. The molecule has 0 saturated carbocycles. The normalized spacial score (nSPS) is 12.1. The highest BCUT2D eigenvalue weighted by Crippen LogP contribution is 2.23. The van der Waals surface area contributed by atoms with Crippen molar-refractivity contribution in [3.8, 4) is 5.75 Å². The number of aliphatic hydroxyl groups is 1. The van der Waals surface area contributed by atoms with Gasteiger partial charge < -0.3 is 15.6 Å². The number of hydrogen-bond acceptors (Lipinski definition) is 3. The lowest BCUT2D eigenvalue weighted by molar-refractivity contribution is 0.108. The van der Waals surface area contributed by atoms with Crippen LogP contribution in [-0.4, -0.2) is 11.7 Å². The van der Waals surface area contributed by atoms with E-state index >= 15 is 0 Å². The molecule has 0 radical (unpaired) electrons. The highest BCUT2D eigenvalue weighted by molar-refractivity contribution is 5.54. The van der Waals surface area contributed by atoms with Gasteiger partial charge in [0.25, 0.3) is 0 Å². The quantitative estimate of drug-likeness (QED) is 0.812. The SMILES string of the molecule is Cc1ccc(OCC(O)c2ccccc2)c(N)c1. The number of nitrogen functional groups attached to an aromatic ring is 1. The molecule has 94 valence electrons. The van der Waals surface area contributed by atoms with Crippen molar-refractivity contribution in [3.05, 3.63) is 59.7 Å². The summed E-state index contributed by atoms with van der Waals surface area (Å²) in [6, 6.07) is 15.0. The molecule has 0 bridgehead atoms. The topological polar surface area (TPSA) is 55.5 Å². The Morgan fingerprint density at radius 3 is 2.56 bits per heavy atom. The Balaban J connectivity index is 1.99. The van der Waals surface area contributed by atoms with E-state index in [0.717, 1.165) is 11.1 Å². The molecule has 0 amide bonds. The zero-order chi connectivity index (χ0) is 13.0. The molecule has 0 aliphatic heterocycles. The van der Waals surface area contributed by atoms with Crippen molar-refractivity contribution in [1.82, 2.24) is 0 Å². The summed E-state index contributed by atoms with van der Waals surface area (Å²) >= 11 is 0. The van der Waals surface area contributed by atoms with Gasteiger partial charge in [-0.3, -0.25) is 0 Å². The van der Waals surface area contributed by atoms with Gasteiger partial charge >= 0.3 is 0 Å². The predicted molar refractivity (Wildman–Crippen MR) is 72.5 cm³/mol. The molecule has 2 aromatic rings. The lowest BCUT2D eigenvalue weighted by Gasteiger charge is -2.14. The summed E-state index contributed by atoms with van der Waals surface area (Å²) in [6.07, 6.45) is -0.646. The molecule has 2 rings (SSSR count). The number of ether oxygens (including phenoxy) is 1. The van der Waals surface area contributed by atoms with Crippen LogP contribution < -0.4 is 10.5 Å². The van der Waals surface area contributed by atoms with Gasteiger partial charge in [0.1, 0.15) is 18.5 Å². The summed E-state index contributed by atoms with van der Waals surface area (Å²) in [6.45, 7) is 2.16. The minimum absolute atomic E-state index is 0.192. The van der Waals surface area contributed by atoms with E-state index in [1.165, 1.54) is 0 Å². The second-order valence-corrected chi connectivity index (χ2v) is 4.28. The molecule has 0 fully saturated rings. The average molecular weight is 243 g/mol. The fourth-order valence-electron chi connectivity index (χ4n) is 1.74. The molecule has 1 atom stereocenters. The maximum absolute atomic E-state index is 9.96. The van der Waals surface area contributed by atoms with Crippen LogP contribution in [-0.2, 0) is 0 Å². The predicted octanol–water partition coefficient (Wildman–Crippen LogP) is 2.69. The Labute approximate surface area is 107 Å². The number of aryl methyl sites for hydroxylation is 1. The molecule has 18 heavy (non-hydrogen) atoms. The monoisotopic (exact) mass is 243 g/mol. The molecule has 0 aliphatic rings. The summed E-state index contributed by atoms with van der Waals surface area (Å²) in [7, 11) is 0. The smallest absolute Gasteiger partial charge is 0.142 e. The largest absolute Gasteiger partial charge is 0.488 e. The van der Waals surface area contributed by atoms with Gasteiger partial charge in [-0.25, -0.2) is 0 Å². The van der Waals surface area contributed by atoms with Crippen molar-refractivity contribution in [2.24, 2.45) is 0 Å². The first-order chi connectivity index (χ1) is 8.66. The zero-order valence-electron chi connectivity index (χ0n) is 10.3. The van der Waals surface area contributed by atoms with Crippen molar-refractivity contribution in [3.63, 3.8) is 0 Å². The fourth-order valence-corrected chi connectivity index (χ4v) is 1.74. The summed E-state index contributed by atoms with van der Waals surface area (Å²) in [5.74, 6) is 0.607. The maximum Gasteiger partial charge on any atom is 0.142 e. The Bertz CT molecular complexity index is 511. The van der Waals surface area contributed by atoms with Crippen molar-refractivity contribution < 1.29 is 9.84 Å². The van der Waals surface area contributed by atoms with Gasteiger partial charge in [-0.2, -0.15) is 0 Å². The van der Waals surface area contributed by atoms with Gasteiger partial charge in [0.2, 0.25) is 0 Å². The van der Waals surface area contributed by atoms with Crippen LogP contribution in [0.1, 0.15) is 17.2 Å². The molecule has 3 heteroatoms. The van der Waals surface area contributed by atoms with Crippen molar-refractivity contribution in [2.75, 3.05) is 12.3 Å². The molecule has 0 heterocycles. The van der Waals surface area contributed by atoms with E-state index in [2.05, 4.69) is 0 Å². The van der Waals surface area contributed by atoms with Crippen LogP contribution in [0.15, 0.2) is 48.5 Å². The molecular weight excluding hydrogens is 226 g/mol. The fraction of sp³-hybridized carbons (Fsp3) is 0.200. The third-order valence-corrected chi connectivity index (χ3v) is 2.75. The van der Waals surface area contributed by atoms with E-state index in [0.29, 0.717) is 11.4 Å². The molecule has 0 saturated heterocycles. The van der Waals surface area contributed by atoms with Crippen LogP contribution in [0, 0.1) is 6.92 Å². The Hall–Kier alpha value is -2.00. The first kappa shape index (κ1) is 12.5. The summed E-state index contributed by atoms with van der Waals surface area (Å²) in [5, 5.41) is 9.96. The van der Waals surface area contributed by atoms with Gasteiger partial charge in [0.05, 0.1) is 5.69 Å². The number of aliphatic hydroxyl groups excluding tert-OH is 1. The second-order valence-electron chi connectivity index (χ2n) is 4.28. The van der Waals surface area contributed by atoms with Crippen LogP contribution >= 0.6 is 0 Å². The first-order valence-electron chi connectivity index (χ1n) is 5.89. The van der Waals surface area contributed by atoms with E-state index in [1.807, 2.05) is 55.5 Å². The van der Waals surface area contributed by atoms with Gasteiger partial charge in [0.15, 0.2) is 0 Å². The summed E-state index contributed by atoms with van der Waals surface area (Å²) in [5.41, 5.74) is 8.36. The standard InChI is InChI=1S/C15H17NO2/c1-11-7-8-15(13(16)9-11)18-10-14(17)12-5-3-2-4-6-12/h2-9,14,17H,10,16H2,1H3. The Kier molecular flexibility index (Phi) is 3.85. The molecule has 0 spiro atoms. The van der Waals surface area contributed by atoms with Crippen LogP contribution in [0.25, 0.3) is 0 Å². The van der Waals surface area contributed by atoms with Gasteiger partial charge in [-0.1, -0.05) is 36.4 Å². The Morgan fingerprint density at radius 2 is 1.89 bits per heavy atom. The van der Waals surface area contributed by atoms with E-state index in [1.54, 1.807) is 0 Å². The highest BCUT2D eigenvalue weighted by atomic mass is 16.5. The van der Waals surface area contributed by atoms with Crippen LogP contribution in [0.5, 0.6) is 5.75 Å². The summed E-state index contributed by atoms with van der Waals surface area (Å²) < 4.78 is 5.53. The lowest BCUT2D eigenvalue weighted by atomic mass is 10.1. The lowest BCUT2D eigenvalue weighted by Crippen LogP contribution is -2.10. The minimum Gasteiger partial charge on any atom is -0.488 e. The second kappa shape index (κ2) is 5.56. The molecule has 0 aliphatic carbocycles. The van der Waals surface area contributed by atoms with Crippen molar-refractivity contribution >= 4 is 5.69 Å². The van der Waals surface area contributed by atoms with E-state index in [9.17, 15) is 5.11 Å².